The van der Waals surface area contributed by atoms with Crippen LogP contribution in [0.1, 0.15) is 13.3 Å². The Morgan fingerprint density at radius 3 is 0.630 bits per heavy atom. The number of hydrogen-bond donors (Lipinski definition) is 2. The topological polar surface area (TPSA) is 124 Å². The van der Waals surface area contributed by atoms with E-state index in [2.05, 4.69) is 59.2 Å². The van der Waals surface area contributed by atoms with Crippen LogP contribution in [0.25, 0.3) is 0 Å². The third-order valence-electron chi connectivity index (χ3n) is 7.22. The van der Waals surface area contributed by atoms with Crippen molar-refractivity contribution >= 4 is 0 Å². The van der Waals surface area contributed by atoms with E-state index in [1.54, 1.807) is 54.7 Å². The van der Waals surface area contributed by atoms with Gasteiger partial charge in [-0.15, -0.1) is 59.2 Å². The van der Waals surface area contributed by atoms with E-state index in [9.17, 15) is 10.2 Å². The Kier molecular flexibility index (Phi) is 42.6. The maximum absolute atomic E-state index is 9.56. The molecular weight excluding hydrogens is 692 g/mol. The molecule has 0 fully saturated rings. The number of aliphatic hydroxyl groups excluding tert-OH is 2. The van der Waals surface area contributed by atoms with Crippen molar-refractivity contribution in [2.24, 2.45) is 16.2 Å². The normalized spacial score (nSPS) is 11.2. The van der Waals surface area contributed by atoms with E-state index in [1.165, 1.54) is 0 Å². The highest BCUT2D eigenvalue weighted by molar-refractivity contribution is 4.84. The molecule has 0 atom stereocenters. The van der Waals surface area contributed by atoms with E-state index in [0.717, 1.165) is 6.42 Å². The summed E-state index contributed by atoms with van der Waals surface area (Å²) in [6, 6.07) is 0. The molecule has 0 rings (SSSR count). The van der Waals surface area contributed by atoms with Gasteiger partial charge in [0.1, 0.15) is 0 Å². The lowest BCUT2D eigenvalue weighted by Crippen LogP contribution is -2.42. The first kappa shape index (κ1) is 55.6. The van der Waals surface area contributed by atoms with Crippen molar-refractivity contribution < 1.29 is 52.8 Å². The number of rotatable bonds is 39. The van der Waals surface area contributed by atoms with Gasteiger partial charge in [0, 0.05) is 5.41 Å². The third-order valence-corrected chi connectivity index (χ3v) is 7.22. The molecule has 2 N–H and O–H groups in total. The summed E-state index contributed by atoms with van der Waals surface area (Å²) in [5.74, 6) is 0. The Bertz CT molecular complexity index is 832. The third kappa shape index (κ3) is 31.6. The summed E-state index contributed by atoms with van der Waals surface area (Å²) in [7, 11) is 0. The Labute approximate surface area is 327 Å². The minimum absolute atomic E-state index is 0.0672. The van der Waals surface area contributed by atoms with E-state index < -0.39 is 5.41 Å². The first-order chi connectivity index (χ1) is 26.2. The van der Waals surface area contributed by atoms with Crippen molar-refractivity contribution in [1.82, 2.24) is 0 Å². The summed E-state index contributed by atoms with van der Waals surface area (Å²) in [6.07, 6.45) is 16.1. The van der Waals surface area contributed by atoms with E-state index >= 15 is 0 Å². The van der Waals surface area contributed by atoms with Gasteiger partial charge in [0.2, 0.25) is 0 Å². The molecule has 0 bridgehead atoms. The lowest BCUT2D eigenvalue weighted by Gasteiger charge is -2.32. The Balaban J connectivity index is -0.000000733. The smallest absolute Gasteiger partial charge is 0.0645 e. The van der Waals surface area contributed by atoms with Crippen LogP contribution in [-0.2, 0) is 42.6 Å². The number of hydrogen-bond acceptors (Lipinski definition) is 11. The Morgan fingerprint density at radius 2 is 0.481 bits per heavy atom. The van der Waals surface area contributed by atoms with Crippen molar-refractivity contribution in [1.29, 1.82) is 0 Å². The second-order valence-electron chi connectivity index (χ2n) is 12.4. The zero-order valence-corrected chi connectivity index (χ0v) is 33.5. The fraction of sp³-hybridized carbons (Fsp3) is 0.581. The molecule has 0 aromatic carbocycles. The van der Waals surface area contributed by atoms with E-state index in [0.29, 0.717) is 119 Å². The Morgan fingerprint density at radius 1 is 0.315 bits per heavy atom. The first-order valence-corrected chi connectivity index (χ1v) is 18.1. The second-order valence-corrected chi connectivity index (χ2v) is 12.4. The lowest BCUT2D eigenvalue weighted by atomic mass is 9.88. The van der Waals surface area contributed by atoms with E-state index in [4.69, 9.17) is 42.6 Å². The molecule has 0 aromatic heterocycles. The molecule has 0 amide bonds. The number of ether oxygens (including phenoxy) is 9. The fourth-order valence-corrected chi connectivity index (χ4v) is 4.19. The molecule has 0 saturated heterocycles. The van der Waals surface area contributed by atoms with Crippen molar-refractivity contribution in [3.05, 3.63) is 114 Å². The average molecular weight is 767 g/mol. The lowest BCUT2D eigenvalue weighted by molar-refractivity contribution is -0.0942. The van der Waals surface area contributed by atoms with Crippen LogP contribution in [0.5, 0.6) is 0 Å². The molecule has 11 nitrogen and oxygen atoms in total. The van der Waals surface area contributed by atoms with Crippen LogP contribution in [0.2, 0.25) is 0 Å². The van der Waals surface area contributed by atoms with E-state index in [1.807, 2.05) is 6.92 Å². The first-order valence-electron chi connectivity index (χ1n) is 18.1. The highest BCUT2D eigenvalue weighted by Gasteiger charge is 2.33. The molecule has 0 aromatic rings. The number of aliphatic hydroxyl groups is 2. The maximum atomic E-state index is 9.56. The van der Waals surface area contributed by atoms with Gasteiger partial charge in [-0.05, 0) is 6.42 Å². The molecule has 312 valence electrons. The van der Waals surface area contributed by atoms with Crippen LogP contribution >= 0.6 is 0 Å². The molecule has 0 radical (unpaired) electrons. The van der Waals surface area contributed by atoms with Gasteiger partial charge in [0.05, 0.1) is 143 Å². The Hall–Kier alpha value is -2.78. The van der Waals surface area contributed by atoms with Gasteiger partial charge in [-0.1, -0.05) is 61.6 Å². The molecule has 0 saturated carbocycles. The van der Waals surface area contributed by atoms with Crippen LogP contribution in [0.4, 0.5) is 0 Å². The minimum Gasteiger partial charge on any atom is -0.396 e. The van der Waals surface area contributed by atoms with Crippen molar-refractivity contribution in [3.8, 4) is 0 Å². The summed E-state index contributed by atoms with van der Waals surface area (Å²) in [5.41, 5.74) is -1.24. The largest absolute Gasteiger partial charge is 0.396 e. The summed E-state index contributed by atoms with van der Waals surface area (Å²) >= 11 is 0. The highest BCUT2D eigenvalue weighted by Crippen LogP contribution is 2.23. The SMILES string of the molecule is C=CCOCC(CC)(CO)COCC=C.C=CCOCC(CO)(COCC=C)COCC=C.C=CCOCC(COCC=C)(COCC=C)COCC=C. The summed E-state index contributed by atoms with van der Waals surface area (Å²) < 4.78 is 49.4. The van der Waals surface area contributed by atoms with Crippen molar-refractivity contribution in [2.45, 2.75) is 13.3 Å². The standard InChI is InChI=1S/C17H28O4.C14H24O4.C12H22O3/c1-5-9-18-13-17(14-19-10-6-2,15-20-11-7-3)16-21-12-8-4;1-4-7-16-11-14(10-15,12-17-8-5-2)13-18-9-6-3;1-4-7-14-10-12(6-3,9-13)11-15-8-5-2/h5-8H,1-4,9-16H2;4-6,15H,1-3,7-13H2;4-5,13H,1-2,6-11H2,3H3. The molecule has 0 unspecified atom stereocenters. The highest BCUT2D eigenvalue weighted by atomic mass is 16.5. The van der Waals surface area contributed by atoms with E-state index in [-0.39, 0.29) is 24.0 Å². The monoisotopic (exact) mass is 767 g/mol. The summed E-state index contributed by atoms with van der Waals surface area (Å²) in [6.45, 7) is 42.6. The predicted molar refractivity (Wildman–Crippen MR) is 221 cm³/mol. The van der Waals surface area contributed by atoms with Gasteiger partial charge >= 0.3 is 0 Å². The predicted octanol–water partition coefficient (Wildman–Crippen LogP) is 6.14. The molecule has 0 heterocycles. The van der Waals surface area contributed by atoms with Crippen LogP contribution in [0.3, 0.4) is 0 Å². The van der Waals surface area contributed by atoms with Crippen LogP contribution in [-0.4, -0.2) is 142 Å². The summed E-state index contributed by atoms with van der Waals surface area (Å²) in [4.78, 5) is 0. The summed E-state index contributed by atoms with van der Waals surface area (Å²) in [5, 5.41) is 18.9. The molecule has 0 aliphatic carbocycles. The molecule has 0 spiro atoms. The molecule has 0 aliphatic heterocycles. The van der Waals surface area contributed by atoms with Gasteiger partial charge in [0.25, 0.3) is 0 Å². The molecule has 11 heteroatoms. The second kappa shape index (κ2) is 41.4. The van der Waals surface area contributed by atoms with Crippen LogP contribution < -0.4 is 0 Å². The van der Waals surface area contributed by atoms with Gasteiger partial charge in [0.15, 0.2) is 0 Å². The molecule has 0 aliphatic rings. The van der Waals surface area contributed by atoms with Crippen LogP contribution in [0, 0.1) is 16.2 Å². The van der Waals surface area contributed by atoms with Gasteiger partial charge in [-0.25, -0.2) is 0 Å². The molecular formula is C43H74O11. The van der Waals surface area contributed by atoms with Gasteiger partial charge < -0.3 is 52.8 Å². The van der Waals surface area contributed by atoms with Crippen LogP contribution in [0.15, 0.2) is 114 Å². The van der Waals surface area contributed by atoms with Crippen molar-refractivity contribution in [3.63, 3.8) is 0 Å². The van der Waals surface area contributed by atoms with Gasteiger partial charge in [-0.2, -0.15) is 0 Å². The zero-order valence-electron chi connectivity index (χ0n) is 33.5. The minimum atomic E-state index is -0.560. The average Bonchev–Trinajstić information content (AvgIpc) is 3.18. The quantitative estimate of drug-likeness (QED) is 0.0555. The zero-order chi connectivity index (χ0) is 41.1. The van der Waals surface area contributed by atoms with Crippen molar-refractivity contribution in [2.75, 3.05) is 132 Å². The fourth-order valence-electron chi connectivity index (χ4n) is 4.19. The maximum Gasteiger partial charge on any atom is 0.0645 e. The van der Waals surface area contributed by atoms with Gasteiger partial charge in [-0.3, -0.25) is 0 Å². The molecule has 54 heavy (non-hydrogen) atoms.